The molecule has 0 aliphatic carbocycles. The Morgan fingerprint density at radius 1 is 1.04 bits per heavy atom. The third-order valence-electron chi connectivity index (χ3n) is 4.82. The van der Waals surface area contributed by atoms with E-state index in [1.165, 1.54) is 24.9 Å². The van der Waals surface area contributed by atoms with E-state index < -0.39 is 0 Å². The van der Waals surface area contributed by atoms with E-state index in [0.717, 1.165) is 18.7 Å². The fourth-order valence-corrected chi connectivity index (χ4v) is 3.31. The van der Waals surface area contributed by atoms with Gasteiger partial charge in [0.15, 0.2) is 0 Å². The number of ether oxygens (including phenoxy) is 1. The summed E-state index contributed by atoms with van der Waals surface area (Å²) in [6, 6.07) is 15.5. The largest absolute Gasteiger partial charge is 0.495 e. The molecule has 138 valence electrons. The van der Waals surface area contributed by atoms with Crippen LogP contribution in [0.3, 0.4) is 0 Å². The van der Waals surface area contributed by atoms with Gasteiger partial charge >= 0.3 is 6.03 Å². The summed E-state index contributed by atoms with van der Waals surface area (Å²) in [5.74, 6) is 0.640. The van der Waals surface area contributed by atoms with E-state index in [9.17, 15) is 4.79 Å². The van der Waals surface area contributed by atoms with Gasteiger partial charge in [-0.2, -0.15) is 0 Å². The molecule has 0 unspecified atom stereocenters. The number of benzene rings is 2. The minimum Gasteiger partial charge on any atom is -0.495 e. The molecule has 0 spiro atoms. The monoisotopic (exact) mass is 353 g/mol. The van der Waals surface area contributed by atoms with Gasteiger partial charge < -0.3 is 20.3 Å². The van der Waals surface area contributed by atoms with Crippen LogP contribution in [0.25, 0.3) is 0 Å². The Labute approximate surface area is 155 Å². The van der Waals surface area contributed by atoms with Crippen LogP contribution in [0.15, 0.2) is 48.5 Å². The minimum absolute atomic E-state index is 0.0832. The van der Waals surface area contributed by atoms with Crippen LogP contribution in [0, 0.1) is 0 Å². The minimum atomic E-state index is -0.248. The molecule has 0 saturated carbocycles. The lowest BCUT2D eigenvalue weighted by Gasteiger charge is -2.29. The zero-order valence-electron chi connectivity index (χ0n) is 15.5. The lowest BCUT2D eigenvalue weighted by atomic mass is 10.1. The van der Waals surface area contributed by atoms with E-state index in [-0.39, 0.29) is 12.1 Å². The molecule has 2 N–H and O–H groups in total. The van der Waals surface area contributed by atoms with Crippen LogP contribution in [-0.4, -0.2) is 26.2 Å². The van der Waals surface area contributed by atoms with E-state index in [1.54, 1.807) is 7.11 Å². The molecular formula is C21H27N3O2. The Balaban J connectivity index is 1.58. The van der Waals surface area contributed by atoms with Crippen molar-refractivity contribution in [3.05, 3.63) is 54.1 Å². The predicted molar refractivity (Wildman–Crippen MR) is 106 cm³/mol. The third kappa shape index (κ3) is 4.48. The summed E-state index contributed by atoms with van der Waals surface area (Å²) in [4.78, 5) is 14.7. The van der Waals surface area contributed by atoms with Crippen molar-refractivity contribution in [1.82, 2.24) is 5.32 Å². The molecule has 3 rings (SSSR count). The molecule has 2 amide bonds. The first-order chi connectivity index (χ1) is 12.7. The number of methoxy groups -OCH3 is 1. The van der Waals surface area contributed by atoms with Crippen LogP contribution in [0.1, 0.15) is 37.8 Å². The molecule has 1 fully saturated rings. The lowest BCUT2D eigenvalue weighted by molar-refractivity contribution is 0.249. The molecule has 2 aromatic rings. The SMILES string of the molecule is COc1ccccc1NC(=O)N[C@@H](C)c1ccc(N2CCCCC2)cc1. The number of urea groups is 1. The molecule has 0 bridgehead atoms. The van der Waals surface area contributed by atoms with Gasteiger partial charge in [0.25, 0.3) is 0 Å². The van der Waals surface area contributed by atoms with E-state index in [2.05, 4.69) is 39.8 Å². The first-order valence-electron chi connectivity index (χ1n) is 9.23. The summed E-state index contributed by atoms with van der Waals surface area (Å²) in [5, 5.41) is 5.82. The highest BCUT2D eigenvalue weighted by Crippen LogP contribution is 2.24. The number of rotatable bonds is 5. The second kappa shape index (κ2) is 8.61. The van der Waals surface area contributed by atoms with Crippen molar-refractivity contribution in [2.24, 2.45) is 0 Å². The molecule has 5 heteroatoms. The van der Waals surface area contributed by atoms with Crippen molar-refractivity contribution >= 4 is 17.4 Å². The van der Waals surface area contributed by atoms with Crippen molar-refractivity contribution < 1.29 is 9.53 Å². The summed E-state index contributed by atoms with van der Waals surface area (Å²) in [6.07, 6.45) is 3.86. The molecule has 26 heavy (non-hydrogen) atoms. The maximum Gasteiger partial charge on any atom is 0.319 e. The number of amides is 2. The Bertz CT molecular complexity index is 724. The Morgan fingerprint density at radius 2 is 1.73 bits per heavy atom. The van der Waals surface area contributed by atoms with Crippen LogP contribution in [0.5, 0.6) is 5.75 Å². The molecule has 1 atom stereocenters. The Kier molecular flexibility index (Phi) is 6.00. The van der Waals surface area contributed by atoms with E-state index >= 15 is 0 Å². The zero-order valence-corrected chi connectivity index (χ0v) is 15.5. The average molecular weight is 353 g/mol. The average Bonchev–Trinajstić information content (AvgIpc) is 2.69. The number of nitrogens with zero attached hydrogens (tertiary/aromatic N) is 1. The van der Waals surface area contributed by atoms with Crippen molar-refractivity contribution in [2.75, 3.05) is 30.4 Å². The topological polar surface area (TPSA) is 53.6 Å². The first-order valence-corrected chi connectivity index (χ1v) is 9.23. The summed E-state index contributed by atoms with van der Waals surface area (Å²) in [5.41, 5.74) is 3.00. The zero-order chi connectivity index (χ0) is 18.4. The summed E-state index contributed by atoms with van der Waals surface area (Å²) < 4.78 is 5.26. The molecule has 0 radical (unpaired) electrons. The molecular weight excluding hydrogens is 326 g/mol. The fraction of sp³-hybridized carbons (Fsp3) is 0.381. The van der Waals surface area contributed by atoms with E-state index in [0.29, 0.717) is 11.4 Å². The summed E-state index contributed by atoms with van der Waals surface area (Å²) >= 11 is 0. The molecule has 0 aromatic heterocycles. The predicted octanol–water partition coefficient (Wildman–Crippen LogP) is 4.57. The number of nitrogens with one attached hydrogen (secondary N) is 2. The van der Waals surface area contributed by atoms with Gasteiger partial charge in [-0.3, -0.25) is 0 Å². The molecule has 1 heterocycles. The Morgan fingerprint density at radius 3 is 2.42 bits per heavy atom. The van der Waals surface area contributed by atoms with Gasteiger partial charge in [0.1, 0.15) is 5.75 Å². The van der Waals surface area contributed by atoms with E-state index in [1.807, 2.05) is 31.2 Å². The highest BCUT2D eigenvalue weighted by molar-refractivity contribution is 5.91. The van der Waals surface area contributed by atoms with Gasteiger partial charge in [-0.15, -0.1) is 0 Å². The number of hydrogen-bond acceptors (Lipinski definition) is 3. The second-order valence-electron chi connectivity index (χ2n) is 6.66. The number of hydrogen-bond donors (Lipinski definition) is 2. The van der Waals surface area contributed by atoms with Gasteiger partial charge in [0.2, 0.25) is 0 Å². The maximum absolute atomic E-state index is 12.3. The van der Waals surface area contributed by atoms with Crippen LogP contribution in [0.2, 0.25) is 0 Å². The number of anilines is 2. The van der Waals surface area contributed by atoms with Gasteiger partial charge in [0.05, 0.1) is 18.8 Å². The van der Waals surface area contributed by atoms with Crippen molar-refractivity contribution in [2.45, 2.75) is 32.2 Å². The Hall–Kier alpha value is -2.69. The molecule has 1 aliphatic heterocycles. The van der Waals surface area contributed by atoms with Crippen molar-refractivity contribution in [3.8, 4) is 5.75 Å². The lowest BCUT2D eigenvalue weighted by Crippen LogP contribution is -2.31. The van der Waals surface area contributed by atoms with Crippen molar-refractivity contribution in [3.63, 3.8) is 0 Å². The molecule has 1 aliphatic rings. The normalized spacial score (nSPS) is 15.2. The van der Waals surface area contributed by atoms with Crippen LogP contribution >= 0.6 is 0 Å². The van der Waals surface area contributed by atoms with Gasteiger partial charge in [-0.1, -0.05) is 24.3 Å². The first kappa shape index (κ1) is 18.1. The van der Waals surface area contributed by atoms with Crippen molar-refractivity contribution in [1.29, 1.82) is 0 Å². The van der Waals surface area contributed by atoms with Gasteiger partial charge in [-0.05, 0) is 56.0 Å². The third-order valence-corrected chi connectivity index (χ3v) is 4.82. The van der Waals surface area contributed by atoms with Gasteiger partial charge in [0, 0.05) is 18.8 Å². The van der Waals surface area contributed by atoms with Crippen LogP contribution in [0.4, 0.5) is 16.2 Å². The highest BCUT2D eigenvalue weighted by atomic mass is 16.5. The standard InChI is InChI=1S/C21H27N3O2/c1-16(22-21(25)23-19-8-4-5-9-20(19)26-2)17-10-12-18(13-11-17)24-14-6-3-7-15-24/h4-5,8-13,16H,3,6-7,14-15H2,1-2H3,(H2,22,23,25)/t16-/m0/s1. The quantitative estimate of drug-likeness (QED) is 0.828. The van der Waals surface area contributed by atoms with Crippen LogP contribution < -0.4 is 20.3 Å². The van der Waals surface area contributed by atoms with E-state index in [4.69, 9.17) is 4.74 Å². The molecule has 5 nitrogen and oxygen atoms in total. The second-order valence-corrected chi connectivity index (χ2v) is 6.66. The molecule has 2 aromatic carbocycles. The fourth-order valence-electron chi connectivity index (χ4n) is 3.31. The van der Waals surface area contributed by atoms with Gasteiger partial charge in [-0.25, -0.2) is 4.79 Å². The molecule has 1 saturated heterocycles. The summed E-state index contributed by atoms with van der Waals surface area (Å²) in [7, 11) is 1.59. The number of carbonyl (C=O) groups excluding carboxylic acids is 1. The maximum atomic E-state index is 12.3. The number of piperidine rings is 1. The number of carbonyl (C=O) groups is 1. The summed E-state index contributed by atoms with van der Waals surface area (Å²) in [6.45, 7) is 4.25. The van der Waals surface area contributed by atoms with Crippen LogP contribution in [-0.2, 0) is 0 Å². The number of para-hydroxylation sites is 2. The highest BCUT2D eigenvalue weighted by Gasteiger charge is 2.14. The smallest absolute Gasteiger partial charge is 0.319 e.